The van der Waals surface area contributed by atoms with Crippen LogP contribution in [0.5, 0.6) is 0 Å². The standard InChI is InChI=1S/C19H27N5O4/c1-3-12(2)11-20-19(26)27-14-5-4-13(8-14)16-10-17(24-23-16)22-18(25)9-15-6-7-21-28-15/h6-7,10,12-14H,3-5,8-9,11H2,1-2H3,(H,20,26)(H2,22,23,24,25)/t12-,13-,14+/m0/s1. The van der Waals surface area contributed by atoms with Crippen LogP contribution in [0.2, 0.25) is 0 Å². The van der Waals surface area contributed by atoms with E-state index in [0.29, 0.717) is 24.0 Å². The number of nitrogens with zero attached hydrogens (tertiary/aromatic N) is 2. The Hall–Kier alpha value is -2.84. The maximum Gasteiger partial charge on any atom is 0.407 e. The van der Waals surface area contributed by atoms with Crippen molar-refractivity contribution in [3.63, 3.8) is 0 Å². The van der Waals surface area contributed by atoms with E-state index in [9.17, 15) is 9.59 Å². The zero-order chi connectivity index (χ0) is 19.9. The summed E-state index contributed by atoms with van der Waals surface area (Å²) in [6.45, 7) is 4.81. The summed E-state index contributed by atoms with van der Waals surface area (Å²) in [5, 5.41) is 16.3. The fourth-order valence-corrected chi connectivity index (χ4v) is 3.21. The molecular weight excluding hydrogens is 362 g/mol. The Kier molecular flexibility index (Phi) is 6.67. The number of ether oxygens (including phenoxy) is 1. The molecule has 3 atom stereocenters. The van der Waals surface area contributed by atoms with Crippen molar-refractivity contribution in [2.75, 3.05) is 11.9 Å². The summed E-state index contributed by atoms with van der Waals surface area (Å²) in [4.78, 5) is 23.9. The van der Waals surface area contributed by atoms with E-state index in [2.05, 4.69) is 39.8 Å². The first-order valence-corrected chi connectivity index (χ1v) is 9.72. The summed E-state index contributed by atoms with van der Waals surface area (Å²) in [5.41, 5.74) is 0.932. The lowest BCUT2D eigenvalue weighted by Gasteiger charge is -2.15. The van der Waals surface area contributed by atoms with Crippen LogP contribution in [-0.2, 0) is 16.0 Å². The second kappa shape index (κ2) is 9.38. The first-order valence-electron chi connectivity index (χ1n) is 9.72. The number of H-pyrrole nitrogens is 1. The Balaban J connectivity index is 1.44. The lowest BCUT2D eigenvalue weighted by atomic mass is 10.0. The molecule has 2 amide bonds. The van der Waals surface area contributed by atoms with Crippen LogP contribution in [0.3, 0.4) is 0 Å². The fourth-order valence-electron chi connectivity index (χ4n) is 3.21. The molecule has 1 aliphatic carbocycles. The Labute approximate surface area is 163 Å². The van der Waals surface area contributed by atoms with Crippen molar-refractivity contribution in [1.82, 2.24) is 20.7 Å². The van der Waals surface area contributed by atoms with E-state index in [-0.39, 0.29) is 30.4 Å². The van der Waals surface area contributed by atoms with Gasteiger partial charge in [0.15, 0.2) is 5.82 Å². The number of alkyl carbamates (subject to hydrolysis) is 1. The van der Waals surface area contributed by atoms with Crippen molar-refractivity contribution in [2.45, 2.75) is 58.0 Å². The van der Waals surface area contributed by atoms with Crippen molar-refractivity contribution in [1.29, 1.82) is 0 Å². The Morgan fingerprint density at radius 2 is 2.29 bits per heavy atom. The van der Waals surface area contributed by atoms with Gasteiger partial charge >= 0.3 is 6.09 Å². The van der Waals surface area contributed by atoms with E-state index in [1.807, 2.05) is 6.07 Å². The lowest BCUT2D eigenvalue weighted by molar-refractivity contribution is -0.115. The van der Waals surface area contributed by atoms with Crippen molar-refractivity contribution >= 4 is 17.8 Å². The summed E-state index contributed by atoms with van der Waals surface area (Å²) in [6.07, 6.45) is 4.62. The van der Waals surface area contributed by atoms with Crippen molar-refractivity contribution in [3.05, 3.63) is 29.8 Å². The van der Waals surface area contributed by atoms with Gasteiger partial charge < -0.3 is 19.9 Å². The highest BCUT2D eigenvalue weighted by Crippen LogP contribution is 2.35. The molecule has 0 spiro atoms. The Bertz CT molecular complexity index is 773. The molecule has 1 fully saturated rings. The molecule has 2 aromatic heterocycles. The van der Waals surface area contributed by atoms with Gasteiger partial charge in [-0.2, -0.15) is 5.10 Å². The van der Waals surface area contributed by atoms with E-state index >= 15 is 0 Å². The van der Waals surface area contributed by atoms with Gasteiger partial charge in [0.2, 0.25) is 5.91 Å². The third-order valence-corrected chi connectivity index (χ3v) is 5.08. The topological polar surface area (TPSA) is 122 Å². The van der Waals surface area contributed by atoms with Crippen LogP contribution in [0.1, 0.15) is 56.9 Å². The monoisotopic (exact) mass is 389 g/mol. The third-order valence-electron chi connectivity index (χ3n) is 5.08. The molecular formula is C19H27N5O4. The summed E-state index contributed by atoms with van der Waals surface area (Å²) in [7, 11) is 0. The molecule has 2 heterocycles. The highest BCUT2D eigenvalue weighted by molar-refractivity contribution is 5.91. The number of anilines is 1. The third kappa shape index (κ3) is 5.58. The maximum atomic E-state index is 12.0. The van der Waals surface area contributed by atoms with Crippen molar-refractivity contribution < 1.29 is 18.8 Å². The number of carbonyl (C=O) groups excluding carboxylic acids is 2. The molecule has 9 nitrogen and oxygen atoms in total. The smallest absolute Gasteiger partial charge is 0.407 e. The largest absolute Gasteiger partial charge is 0.446 e. The van der Waals surface area contributed by atoms with Gasteiger partial charge in [0.1, 0.15) is 11.9 Å². The maximum absolute atomic E-state index is 12.0. The van der Waals surface area contributed by atoms with Gasteiger partial charge in [0, 0.05) is 30.3 Å². The first-order chi connectivity index (χ1) is 13.5. The SMILES string of the molecule is CC[C@H](C)CNC(=O)O[C@@H]1CC[C@H](c2cc(NC(=O)Cc3ccno3)n[nH]2)C1. The predicted molar refractivity (Wildman–Crippen MR) is 102 cm³/mol. The predicted octanol–water partition coefficient (Wildman–Crippen LogP) is 2.99. The number of aromatic amines is 1. The molecule has 9 heteroatoms. The summed E-state index contributed by atoms with van der Waals surface area (Å²) < 4.78 is 10.4. The van der Waals surface area contributed by atoms with E-state index in [1.165, 1.54) is 6.20 Å². The molecule has 152 valence electrons. The molecule has 28 heavy (non-hydrogen) atoms. The molecule has 0 saturated heterocycles. The minimum Gasteiger partial charge on any atom is -0.446 e. The van der Waals surface area contributed by atoms with Crippen LogP contribution in [0, 0.1) is 5.92 Å². The molecule has 3 rings (SSSR count). The Morgan fingerprint density at radius 3 is 3.04 bits per heavy atom. The average Bonchev–Trinajstić information content (AvgIpc) is 3.41. The molecule has 1 aliphatic rings. The normalized spacial score (nSPS) is 19.9. The lowest BCUT2D eigenvalue weighted by Crippen LogP contribution is -2.31. The van der Waals surface area contributed by atoms with Crippen LogP contribution in [0.4, 0.5) is 10.6 Å². The number of nitrogens with one attached hydrogen (secondary N) is 3. The van der Waals surface area contributed by atoms with Gasteiger partial charge in [-0.05, 0) is 25.2 Å². The van der Waals surface area contributed by atoms with E-state index in [1.54, 1.807) is 6.07 Å². The summed E-state index contributed by atoms with van der Waals surface area (Å²) in [6, 6.07) is 3.47. The van der Waals surface area contributed by atoms with Crippen molar-refractivity contribution in [2.24, 2.45) is 5.92 Å². The number of aromatic nitrogens is 3. The molecule has 0 radical (unpaired) electrons. The fraction of sp³-hybridized carbons (Fsp3) is 0.579. The first kappa shape index (κ1) is 19.9. The molecule has 0 bridgehead atoms. The number of hydrogen-bond donors (Lipinski definition) is 3. The molecule has 2 aromatic rings. The highest BCUT2D eigenvalue weighted by Gasteiger charge is 2.30. The highest BCUT2D eigenvalue weighted by atomic mass is 16.6. The molecule has 0 aromatic carbocycles. The zero-order valence-corrected chi connectivity index (χ0v) is 16.2. The number of carbonyl (C=O) groups is 2. The molecule has 0 unspecified atom stereocenters. The van der Waals surface area contributed by atoms with Crippen LogP contribution in [0.15, 0.2) is 22.9 Å². The molecule has 1 saturated carbocycles. The van der Waals surface area contributed by atoms with Gasteiger partial charge in [-0.25, -0.2) is 4.79 Å². The van der Waals surface area contributed by atoms with Crippen LogP contribution >= 0.6 is 0 Å². The van der Waals surface area contributed by atoms with Crippen LogP contribution in [-0.4, -0.2) is 40.0 Å². The number of rotatable bonds is 8. The Morgan fingerprint density at radius 1 is 1.43 bits per heavy atom. The second-order valence-corrected chi connectivity index (χ2v) is 7.34. The van der Waals surface area contributed by atoms with Gasteiger partial charge in [0.25, 0.3) is 0 Å². The van der Waals surface area contributed by atoms with Gasteiger partial charge in [-0.15, -0.1) is 0 Å². The van der Waals surface area contributed by atoms with Crippen LogP contribution < -0.4 is 10.6 Å². The quantitative estimate of drug-likeness (QED) is 0.638. The number of hydrogen-bond acceptors (Lipinski definition) is 6. The van der Waals surface area contributed by atoms with Gasteiger partial charge in [-0.1, -0.05) is 25.4 Å². The van der Waals surface area contributed by atoms with Gasteiger partial charge in [0.05, 0.1) is 12.6 Å². The summed E-state index contributed by atoms with van der Waals surface area (Å²) >= 11 is 0. The minimum absolute atomic E-state index is 0.102. The van der Waals surface area contributed by atoms with Crippen molar-refractivity contribution in [3.8, 4) is 0 Å². The average molecular weight is 389 g/mol. The molecule has 3 N–H and O–H groups in total. The van der Waals surface area contributed by atoms with Gasteiger partial charge in [-0.3, -0.25) is 9.89 Å². The summed E-state index contributed by atoms with van der Waals surface area (Å²) in [5.74, 6) is 1.40. The zero-order valence-electron chi connectivity index (χ0n) is 16.2. The van der Waals surface area contributed by atoms with E-state index < -0.39 is 0 Å². The van der Waals surface area contributed by atoms with Crippen LogP contribution in [0.25, 0.3) is 0 Å². The second-order valence-electron chi connectivity index (χ2n) is 7.34. The number of amides is 2. The molecule has 0 aliphatic heterocycles. The minimum atomic E-state index is -0.351. The van der Waals surface area contributed by atoms with E-state index in [0.717, 1.165) is 31.4 Å². The van der Waals surface area contributed by atoms with E-state index in [4.69, 9.17) is 9.26 Å².